The summed E-state index contributed by atoms with van der Waals surface area (Å²) in [6.07, 6.45) is 0.944. The van der Waals surface area contributed by atoms with Gasteiger partial charge in [-0.05, 0) is 17.5 Å². The first-order valence-electron chi connectivity index (χ1n) is 5.71. The number of aliphatic carboxylic acids is 1. The minimum absolute atomic E-state index is 0.170. The maximum Gasteiger partial charge on any atom is 0.323 e. The van der Waals surface area contributed by atoms with Crippen LogP contribution in [0.5, 0.6) is 0 Å². The molecule has 0 radical (unpaired) electrons. The zero-order chi connectivity index (χ0) is 12.7. The van der Waals surface area contributed by atoms with Crippen molar-refractivity contribution in [2.24, 2.45) is 0 Å². The van der Waals surface area contributed by atoms with E-state index in [1.165, 1.54) is 12.7 Å². The molecule has 0 bridgehead atoms. The lowest BCUT2D eigenvalue weighted by molar-refractivity contribution is -0.140. The molecule has 0 aliphatic carbocycles. The molecule has 4 heteroatoms. The second-order valence-electron chi connectivity index (χ2n) is 3.85. The number of carbonyl (C=O) groups is 1. The van der Waals surface area contributed by atoms with Gasteiger partial charge in [0.2, 0.25) is 0 Å². The van der Waals surface area contributed by atoms with E-state index in [9.17, 15) is 4.79 Å². The Morgan fingerprint density at radius 1 is 1.41 bits per heavy atom. The van der Waals surface area contributed by atoms with Crippen LogP contribution in [0.15, 0.2) is 24.3 Å². The van der Waals surface area contributed by atoms with Gasteiger partial charge in [-0.3, -0.25) is 10.1 Å². The van der Waals surface area contributed by atoms with Crippen LogP contribution in [-0.4, -0.2) is 30.8 Å². The molecule has 1 aromatic carbocycles. The summed E-state index contributed by atoms with van der Waals surface area (Å²) in [6.45, 7) is 2.80. The molecule has 17 heavy (non-hydrogen) atoms. The molecular formula is C13H19NO3. The number of carboxylic acids is 1. The molecule has 2 N–H and O–H groups in total. The van der Waals surface area contributed by atoms with Gasteiger partial charge in [0, 0.05) is 13.7 Å². The molecule has 1 rings (SSSR count). The molecule has 0 spiro atoms. The van der Waals surface area contributed by atoms with Crippen molar-refractivity contribution in [2.45, 2.75) is 25.9 Å². The average Bonchev–Trinajstić information content (AvgIpc) is 2.34. The van der Waals surface area contributed by atoms with Crippen LogP contribution in [0, 0.1) is 0 Å². The van der Waals surface area contributed by atoms with Crippen LogP contribution in [0.3, 0.4) is 0 Å². The number of carboxylic acid groups (broad SMARTS) is 1. The Morgan fingerprint density at radius 3 is 2.59 bits per heavy atom. The highest BCUT2D eigenvalue weighted by Gasteiger charge is 2.16. The molecule has 0 saturated carbocycles. The van der Waals surface area contributed by atoms with Gasteiger partial charge in [0.1, 0.15) is 6.04 Å². The van der Waals surface area contributed by atoms with Crippen LogP contribution in [0.1, 0.15) is 18.1 Å². The Kier molecular flexibility index (Phi) is 5.66. The van der Waals surface area contributed by atoms with Gasteiger partial charge in [-0.1, -0.05) is 31.2 Å². The smallest absolute Gasteiger partial charge is 0.323 e. The summed E-state index contributed by atoms with van der Waals surface area (Å²) >= 11 is 0. The number of ether oxygens (including phenoxy) is 1. The van der Waals surface area contributed by atoms with Gasteiger partial charge in [0.25, 0.3) is 0 Å². The van der Waals surface area contributed by atoms with Gasteiger partial charge >= 0.3 is 5.97 Å². The number of benzene rings is 1. The minimum atomic E-state index is -0.888. The minimum Gasteiger partial charge on any atom is -0.480 e. The molecule has 1 aromatic rings. The molecular weight excluding hydrogens is 218 g/mol. The predicted octanol–water partition coefficient (Wildman–Crippen LogP) is 1.44. The Hall–Kier alpha value is -1.39. The second kappa shape index (κ2) is 7.04. The van der Waals surface area contributed by atoms with Crippen LogP contribution in [0.25, 0.3) is 0 Å². The Bertz CT molecular complexity index is 365. The number of aryl methyl sites for hydroxylation is 1. The summed E-state index contributed by atoms with van der Waals surface area (Å²) in [5, 5.41) is 12.0. The van der Waals surface area contributed by atoms with E-state index in [4.69, 9.17) is 9.84 Å². The molecule has 0 saturated heterocycles. The third-order valence-electron chi connectivity index (χ3n) is 2.67. The molecule has 0 aliphatic rings. The third-order valence-corrected chi connectivity index (χ3v) is 2.67. The zero-order valence-electron chi connectivity index (χ0n) is 10.3. The summed E-state index contributed by atoms with van der Waals surface area (Å²) in [6, 6.07) is 7.36. The van der Waals surface area contributed by atoms with Crippen LogP contribution in [0.2, 0.25) is 0 Å². The molecule has 0 aromatic heterocycles. The number of rotatable bonds is 7. The average molecular weight is 237 g/mol. The van der Waals surface area contributed by atoms with Crippen molar-refractivity contribution in [1.29, 1.82) is 0 Å². The Morgan fingerprint density at radius 2 is 2.06 bits per heavy atom. The first-order valence-corrected chi connectivity index (χ1v) is 5.71. The van der Waals surface area contributed by atoms with Crippen molar-refractivity contribution in [3.8, 4) is 0 Å². The Labute approximate surface area is 102 Å². The largest absolute Gasteiger partial charge is 0.480 e. The fourth-order valence-electron chi connectivity index (χ4n) is 1.69. The van der Waals surface area contributed by atoms with E-state index < -0.39 is 12.0 Å². The normalized spacial score (nSPS) is 12.4. The van der Waals surface area contributed by atoms with Crippen molar-refractivity contribution in [3.05, 3.63) is 35.4 Å². The van der Waals surface area contributed by atoms with Gasteiger partial charge in [0.05, 0.1) is 6.61 Å². The monoisotopic (exact) mass is 237 g/mol. The van der Waals surface area contributed by atoms with E-state index in [0.29, 0.717) is 6.54 Å². The van der Waals surface area contributed by atoms with Gasteiger partial charge < -0.3 is 9.84 Å². The van der Waals surface area contributed by atoms with E-state index >= 15 is 0 Å². The molecule has 1 atom stereocenters. The maximum atomic E-state index is 10.9. The summed E-state index contributed by atoms with van der Waals surface area (Å²) in [7, 11) is 1.50. The first-order chi connectivity index (χ1) is 8.19. The van der Waals surface area contributed by atoms with Crippen molar-refractivity contribution in [2.75, 3.05) is 13.7 Å². The van der Waals surface area contributed by atoms with Crippen molar-refractivity contribution < 1.29 is 14.6 Å². The van der Waals surface area contributed by atoms with E-state index in [0.717, 1.165) is 12.0 Å². The molecule has 0 heterocycles. The Balaban J connectivity index is 2.61. The summed E-state index contributed by atoms with van der Waals surface area (Å²) < 4.78 is 4.87. The number of nitrogens with one attached hydrogen (secondary N) is 1. The topological polar surface area (TPSA) is 58.6 Å². The van der Waals surface area contributed by atoms with Crippen molar-refractivity contribution >= 4 is 5.97 Å². The number of hydrogen-bond donors (Lipinski definition) is 2. The highest BCUT2D eigenvalue weighted by Crippen LogP contribution is 2.09. The molecule has 1 unspecified atom stereocenters. The van der Waals surface area contributed by atoms with Gasteiger partial charge in [-0.15, -0.1) is 0 Å². The second-order valence-corrected chi connectivity index (χ2v) is 3.85. The van der Waals surface area contributed by atoms with Crippen LogP contribution < -0.4 is 5.32 Å². The number of methoxy groups -OCH3 is 1. The summed E-state index contributed by atoms with van der Waals surface area (Å²) in [5.74, 6) is -0.888. The third kappa shape index (κ3) is 4.17. The fourth-order valence-corrected chi connectivity index (χ4v) is 1.69. The van der Waals surface area contributed by atoms with Gasteiger partial charge in [-0.25, -0.2) is 0 Å². The van der Waals surface area contributed by atoms with Crippen molar-refractivity contribution in [1.82, 2.24) is 5.32 Å². The lowest BCUT2D eigenvalue weighted by Crippen LogP contribution is -2.40. The first kappa shape index (κ1) is 13.7. The van der Waals surface area contributed by atoms with Crippen LogP contribution in [-0.2, 0) is 22.5 Å². The highest BCUT2D eigenvalue weighted by atomic mass is 16.5. The molecule has 0 fully saturated rings. The summed E-state index contributed by atoms with van der Waals surface area (Å²) in [5.41, 5.74) is 2.37. The van der Waals surface area contributed by atoms with E-state index in [-0.39, 0.29) is 6.61 Å². The van der Waals surface area contributed by atoms with Crippen LogP contribution in [0.4, 0.5) is 0 Å². The van der Waals surface area contributed by atoms with E-state index in [2.05, 4.69) is 18.3 Å². The zero-order valence-corrected chi connectivity index (χ0v) is 10.3. The maximum absolute atomic E-state index is 10.9. The molecule has 94 valence electrons. The molecule has 0 aliphatic heterocycles. The van der Waals surface area contributed by atoms with E-state index in [1.54, 1.807) is 0 Å². The molecule has 4 nitrogen and oxygen atoms in total. The fraction of sp³-hybridized carbons (Fsp3) is 0.462. The predicted molar refractivity (Wildman–Crippen MR) is 66.0 cm³/mol. The standard InChI is InChI=1S/C13H19NO3/c1-3-10-6-4-5-7-11(10)8-14-12(9-17-2)13(15)16/h4-7,12,14H,3,8-9H2,1-2H3,(H,15,16). The lowest BCUT2D eigenvalue weighted by atomic mass is 10.1. The summed E-state index contributed by atoms with van der Waals surface area (Å²) in [4.78, 5) is 10.9. The van der Waals surface area contributed by atoms with Gasteiger partial charge in [0.15, 0.2) is 0 Å². The molecule has 0 amide bonds. The quantitative estimate of drug-likeness (QED) is 0.753. The highest BCUT2D eigenvalue weighted by molar-refractivity contribution is 5.73. The lowest BCUT2D eigenvalue weighted by Gasteiger charge is -2.15. The number of hydrogen-bond acceptors (Lipinski definition) is 3. The van der Waals surface area contributed by atoms with E-state index in [1.807, 2.05) is 18.2 Å². The SMILES string of the molecule is CCc1ccccc1CNC(COC)C(=O)O. The van der Waals surface area contributed by atoms with Crippen LogP contribution >= 0.6 is 0 Å². The van der Waals surface area contributed by atoms with Crippen molar-refractivity contribution in [3.63, 3.8) is 0 Å². The van der Waals surface area contributed by atoms with Gasteiger partial charge in [-0.2, -0.15) is 0 Å².